The number of hydrogen-bond donors (Lipinski definition) is 1. The molecule has 6 heteroatoms. The van der Waals surface area contributed by atoms with E-state index in [9.17, 15) is 4.21 Å². The Bertz CT molecular complexity index is 1480. The van der Waals surface area contributed by atoms with Gasteiger partial charge in [0.2, 0.25) is 0 Å². The molecule has 3 aliphatic rings. The Kier molecular flexibility index (Phi) is 5.78. The number of hydrogen-bond acceptors (Lipinski definition) is 4. The third-order valence-corrected chi connectivity index (χ3v) is 10.7. The summed E-state index contributed by atoms with van der Waals surface area (Å²) < 4.78 is 12.5. The van der Waals surface area contributed by atoms with Crippen LogP contribution >= 0.6 is 0 Å². The highest BCUT2D eigenvalue weighted by molar-refractivity contribution is 7.86. The highest BCUT2D eigenvalue weighted by Gasteiger charge is 2.35. The Balaban J connectivity index is 1.16. The summed E-state index contributed by atoms with van der Waals surface area (Å²) in [5.74, 6) is 0. The van der Waals surface area contributed by atoms with E-state index in [1.165, 1.54) is 48.9 Å². The lowest BCUT2D eigenvalue weighted by Crippen LogP contribution is -2.45. The highest BCUT2D eigenvalue weighted by Crippen LogP contribution is 2.37. The van der Waals surface area contributed by atoms with Crippen molar-refractivity contribution in [3.8, 4) is 22.4 Å². The maximum Gasteiger partial charge on any atom is 0.181 e. The largest absolute Gasteiger partial charge is 0.297 e. The van der Waals surface area contributed by atoms with Crippen LogP contribution in [0.25, 0.3) is 33.4 Å². The molecule has 1 atom stereocenters. The smallest absolute Gasteiger partial charge is 0.181 e. The Labute approximate surface area is 221 Å². The fourth-order valence-electron chi connectivity index (χ4n) is 6.41. The van der Waals surface area contributed by atoms with Gasteiger partial charge in [0.25, 0.3) is 0 Å². The van der Waals surface area contributed by atoms with E-state index in [-0.39, 0.29) is 0 Å². The van der Waals surface area contributed by atoms with E-state index in [0.29, 0.717) is 10.8 Å². The van der Waals surface area contributed by atoms with Crippen molar-refractivity contribution in [2.45, 2.75) is 74.0 Å². The van der Waals surface area contributed by atoms with Gasteiger partial charge in [0.1, 0.15) is 0 Å². The maximum atomic E-state index is 12.5. The van der Waals surface area contributed by atoms with Crippen molar-refractivity contribution < 1.29 is 4.21 Å². The predicted octanol–water partition coefficient (Wildman–Crippen LogP) is 6.30. The molecule has 4 aromatic rings. The van der Waals surface area contributed by atoms with Crippen LogP contribution in [0.2, 0.25) is 0 Å². The van der Waals surface area contributed by atoms with Crippen molar-refractivity contribution in [1.29, 1.82) is 0 Å². The van der Waals surface area contributed by atoms with Crippen LogP contribution in [0.3, 0.4) is 0 Å². The van der Waals surface area contributed by atoms with Crippen LogP contribution in [0.15, 0.2) is 59.6 Å². The first-order chi connectivity index (χ1) is 18.1. The van der Waals surface area contributed by atoms with E-state index in [1.54, 1.807) is 0 Å². The fourth-order valence-corrected chi connectivity index (χ4v) is 7.76. The molecular formula is C31H34N4OS. The van der Waals surface area contributed by atoms with Crippen LogP contribution in [0.4, 0.5) is 0 Å². The molecule has 0 radical (unpaired) electrons. The third kappa shape index (κ3) is 4.34. The van der Waals surface area contributed by atoms with Gasteiger partial charge in [0.15, 0.2) is 5.65 Å². The molecule has 2 fully saturated rings. The van der Waals surface area contributed by atoms with Gasteiger partial charge in [-0.15, -0.1) is 0 Å². The molecule has 0 spiro atoms. The second-order valence-electron chi connectivity index (χ2n) is 11.4. The molecular weight excluding hydrogens is 476 g/mol. The molecule has 5 nitrogen and oxygen atoms in total. The predicted molar refractivity (Wildman–Crippen MR) is 150 cm³/mol. The van der Waals surface area contributed by atoms with E-state index in [1.807, 2.05) is 30.5 Å². The molecule has 7 rings (SSSR count). The van der Waals surface area contributed by atoms with Crippen LogP contribution in [-0.2, 0) is 23.6 Å². The Hall–Kier alpha value is -2.83. The number of pyridine rings is 1. The zero-order valence-corrected chi connectivity index (χ0v) is 22.3. The van der Waals surface area contributed by atoms with Gasteiger partial charge < -0.3 is 0 Å². The summed E-state index contributed by atoms with van der Waals surface area (Å²) in [5.41, 5.74) is 8.43. The van der Waals surface area contributed by atoms with Gasteiger partial charge in [-0.1, -0.05) is 43.2 Å². The van der Waals surface area contributed by atoms with Gasteiger partial charge in [-0.3, -0.25) is 14.2 Å². The summed E-state index contributed by atoms with van der Waals surface area (Å²) in [6.45, 7) is 4.80. The van der Waals surface area contributed by atoms with Crippen molar-refractivity contribution in [3.05, 3.63) is 65.9 Å². The number of rotatable bonds is 5. The molecule has 190 valence electrons. The Morgan fingerprint density at radius 3 is 2.41 bits per heavy atom. The lowest BCUT2D eigenvalue weighted by Gasteiger charge is -2.37. The molecule has 2 aromatic heterocycles. The van der Waals surface area contributed by atoms with E-state index in [4.69, 9.17) is 0 Å². The lowest BCUT2D eigenvalue weighted by molar-refractivity contribution is 0.115. The molecule has 2 saturated carbocycles. The average Bonchev–Trinajstić information content (AvgIpc) is 3.61. The first-order valence-electron chi connectivity index (χ1n) is 13.8. The van der Waals surface area contributed by atoms with Crippen molar-refractivity contribution in [2.24, 2.45) is 0 Å². The van der Waals surface area contributed by atoms with E-state index in [0.717, 1.165) is 65.0 Å². The van der Waals surface area contributed by atoms with E-state index in [2.05, 4.69) is 51.3 Å². The van der Waals surface area contributed by atoms with E-state index < -0.39 is 10.8 Å². The topological polar surface area (TPSA) is 61.9 Å². The first kappa shape index (κ1) is 23.3. The van der Waals surface area contributed by atoms with Crippen LogP contribution in [-0.4, -0.2) is 48.2 Å². The number of aromatic nitrogens is 3. The fraction of sp³-hybridized carbons (Fsp3) is 0.419. The van der Waals surface area contributed by atoms with Gasteiger partial charge in [-0.2, -0.15) is 5.10 Å². The van der Waals surface area contributed by atoms with E-state index >= 15 is 0 Å². The standard InChI is InChI=1S/C31H34N4OS/c1-31(14-2-3-15-31)35-16-12-21-4-5-23(18-24(21)13-17-35)25-19-28-29(33-34-30(28)32-20-25)22-6-8-26(9-7-22)37(36)27-10-11-27/h4-9,18-20,27H,2-3,10-17H2,1H3,(H,32,33,34). The SMILES string of the molecule is CC1(N2CCc3ccc(-c4cnc5n[nH]c(-c6ccc(S(=O)C7CC7)cc6)c5c4)cc3CC2)CCCC1. The molecule has 2 aromatic carbocycles. The van der Waals surface area contributed by atoms with Gasteiger partial charge in [-0.25, -0.2) is 4.98 Å². The molecule has 0 saturated heterocycles. The summed E-state index contributed by atoms with van der Waals surface area (Å²) in [6.07, 6.45) is 11.8. The monoisotopic (exact) mass is 510 g/mol. The number of H-pyrrole nitrogens is 1. The van der Waals surface area contributed by atoms with Gasteiger partial charge in [0.05, 0.1) is 16.5 Å². The number of fused-ring (bicyclic) bond motifs is 2. The van der Waals surface area contributed by atoms with Crippen molar-refractivity contribution in [1.82, 2.24) is 20.1 Å². The number of aromatic amines is 1. The number of nitrogens with one attached hydrogen (secondary N) is 1. The van der Waals surface area contributed by atoms with Crippen molar-refractivity contribution in [3.63, 3.8) is 0 Å². The molecule has 0 bridgehead atoms. The summed E-state index contributed by atoms with van der Waals surface area (Å²) in [6, 6.07) is 17.3. The molecule has 2 aliphatic carbocycles. The normalized spacial score (nSPS) is 20.6. The first-order valence-corrected chi connectivity index (χ1v) is 15.0. The van der Waals surface area contributed by atoms with Gasteiger partial charge in [0, 0.05) is 51.5 Å². The molecule has 1 unspecified atom stereocenters. The lowest BCUT2D eigenvalue weighted by atomic mass is 9.96. The van der Waals surface area contributed by atoms with Crippen molar-refractivity contribution in [2.75, 3.05) is 13.1 Å². The zero-order chi connectivity index (χ0) is 25.0. The summed E-state index contributed by atoms with van der Waals surface area (Å²) in [5, 5.41) is 9.02. The highest BCUT2D eigenvalue weighted by atomic mass is 32.2. The second kappa shape index (κ2) is 9.17. The molecule has 1 N–H and O–H groups in total. The minimum absolute atomic E-state index is 0.348. The molecule has 37 heavy (non-hydrogen) atoms. The average molecular weight is 511 g/mol. The zero-order valence-electron chi connectivity index (χ0n) is 21.5. The minimum Gasteiger partial charge on any atom is -0.297 e. The third-order valence-electron chi connectivity index (χ3n) is 8.90. The van der Waals surface area contributed by atoms with Crippen molar-refractivity contribution >= 4 is 21.8 Å². The molecule has 0 amide bonds. The minimum atomic E-state index is -0.884. The summed E-state index contributed by atoms with van der Waals surface area (Å²) in [7, 11) is -0.884. The maximum absolute atomic E-state index is 12.5. The number of nitrogens with zero attached hydrogens (tertiary/aromatic N) is 3. The van der Waals surface area contributed by atoms with Crippen LogP contribution in [0.1, 0.15) is 56.6 Å². The molecule has 3 heterocycles. The summed E-state index contributed by atoms with van der Waals surface area (Å²) >= 11 is 0. The van der Waals surface area contributed by atoms with Crippen LogP contribution < -0.4 is 0 Å². The Morgan fingerprint density at radius 2 is 1.65 bits per heavy atom. The number of benzene rings is 2. The van der Waals surface area contributed by atoms with Crippen LogP contribution in [0.5, 0.6) is 0 Å². The van der Waals surface area contributed by atoms with Gasteiger partial charge >= 0.3 is 0 Å². The summed E-state index contributed by atoms with van der Waals surface area (Å²) in [4.78, 5) is 8.36. The van der Waals surface area contributed by atoms with Gasteiger partial charge in [-0.05, 0) is 80.3 Å². The Morgan fingerprint density at radius 1 is 0.919 bits per heavy atom. The second-order valence-corrected chi connectivity index (χ2v) is 13.1. The quantitative estimate of drug-likeness (QED) is 0.342. The molecule has 1 aliphatic heterocycles. The van der Waals surface area contributed by atoms with Crippen LogP contribution in [0, 0.1) is 0 Å².